The molecule has 1 atom stereocenters. The highest BCUT2D eigenvalue weighted by molar-refractivity contribution is 5.22. The Morgan fingerprint density at radius 1 is 1.20 bits per heavy atom. The third-order valence-corrected chi connectivity index (χ3v) is 3.93. The normalized spacial score (nSPS) is 17.0. The molecule has 1 unspecified atom stereocenters. The molecule has 0 N–H and O–H groups in total. The van der Waals surface area contributed by atoms with E-state index in [1.807, 2.05) is 13.8 Å². The number of hydrogen-bond acceptors (Lipinski definition) is 3. The molecular formula is C14H16F2N4. The van der Waals surface area contributed by atoms with Crippen molar-refractivity contribution in [1.82, 2.24) is 19.7 Å². The largest absolute Gasteiger partial charge is 0.313 e. The van der Waals surface area contributed by atoms with E-state index in [1.54, 1.807) is 0 Å². The van der Waals surface area contributed by atoms with Crippen LogP contribution in [0.5, 0.6) is 0 Å². The standard InChI is InChI=1S/C14H16F2N4/c1-9(12-4-3-11(15)7-13(12)16)19-5-6-20-10(2)17-18-14(20)8-19/h3-4,7,9H,5-6,8H2,1-2H3. The summed E-state index contributed by atoms with van der Waals surface area (Å²) in [7, 11) is 0. The summed E-state index contributed by atoms with van der Waals surface area (Å²) in [5.74, 6) is 0.747. The van der Waals surface area contributed by atoms with E-state index in [2.05, 4.69) is 19.7 Å². The monoisotopic (exact) mass is 278 g/mol. The molecule has 106 valence electrons. The summed E-state index contributed by atoms with van der Waals surface area (Å²) < 4.78 is 28.9. The van der Waals surface area contributed by atoms with Gasteiger partial charge in [0.1, 0.15) is 23.3 Å². The number of fused-ring (bicyclic) bond motifs is 1. The molecule has 0 aliphatic carbocycles. The molecule has 0 fully saturated rings. The van der Waals surface area contributed by atoms with E-state index in [0.29, 0.717) is 12.1 Å². The highest BCUT2D eigenvalue weighted by Gasteiger charge is 2.25. The summed E-state index contributed by atoms with van der Waals surface area (Å²) in [6.45, 7) is 6.06. The number of aryl methyl sites for hydroxylation is 1. The van der Waals surface area contributed by atoms with Gasteiger partial charge in [-0.1, -0.05) is 6.07 Å². The van der Waals surface area contributed by atoms with Gasteiger partial charge in [-0.3, -0.25) is 4.90 Å². The number of benzene rings is 1. The lowest BCUT2D eigenvalue weighted by Crippen LogP contribution is -2.36. The molecule has 0 bridgehead atoms. The van der Waals surface area contributed by atoms with Gasteiger partial charge in [0.2, 0.25) is 0 Å². The quantitative estimate of drug-likeness (QED) is 0.846. The van der Waals surface area contributed by atoms with Gasteiger partial charge in [-0.15, -0.1) is 10.2 Å². The van der Waals surface area contributed by atoms with Crippen LogP contribution in [0.25, 0.3) is 0 Å². The average molecular weight is 278 g/mol. The van der Waals surface area contributed by atoms with Crippen LogP contribution in [-0.2, 0) is 13.1 Å². The molecule has 0 amide bonds. The van der Waals surface area contributed by atoms with Crippen molar-refractivity contribution in [2.75, 3.05) is 6.54 Å². The zero-order valence-electron chi connectivity index (χ0n) is 11.5. The van der Waals surface area contributed by atoms with Gasteiger partial charge in [0.05, 0.1) is 6.54 Å². The Labute approximate surface area is 116 Å². The van der Waals surface area contributed by atoms with Gasteiger partial charge in [0.15, 0.2) is 0 Å². The van der Waals surface area contributed by atoms with Gasteiger partial charge in [0, 0.05) is 30.8 Å². The number of aromatic nitrogens is 3. The Hall–Kier alpha value is -1.82. The van der Waals surface area contributed by atoms with E-state index in [-0.39, 0.29) is 6.04 Å². The van der Waals surface area contributed by atoms with E-state index in [1.165, 1.54) is 12.1 Å². The van der Waals surface area contributed by atoms with Crippen molar-refractivity contribution in [3.05, 3.63) is 47.0 Å². The first kappa shape index (κ1) is 13.2. The van der Waals surface area contributed by atoms with E-state index < -0.39 is 11.6 Å². The summed E-state index contributed by atoms with van der Waals surface area (Å²) in [6.07, 6.45) is 0. The third kappa shape index (κ3) is 2.20. The zero-order chi connectivity index (χ0) is 14.3. The highest BCUT2D eigenvalue weighted by atomic mass is 19.1. The smallest absolute Gasteiger partial charge is 0.147 e. The maximum absolute atomic E-state index is 13.9. The molecule has 1 aromatic carbocycles. The predicted molar refractivity (Wildman–Crippen MR) is 69.9 cm³/mol. The lowest BCUT2D eigenvalue weighted by atomic mass is 10.1. The fourth-order valence-corrected chi connectivity index (χ4v) is 2.69. The van der Waals surface area contributed by atoms with E-state index in [9.17, 15) is 8.78 Å². The van der Waals surface area contributed by atoms with Crippen LogP contribution >= 0.6 is 0 Å². The zero-order valence-corrected chi connectivity index (χ0v) is 11.5. The number of hydrogen-bond donors (Lipinski definition) is 0. The topological polar surface area (TPSA) is 34.0 Å². The summed E-state index contributed by atoms with van der Waals surface area (Å²) in [5, 5.41) is 8.19. The lowest BCUT2D eigenvalue weighted by Gasteiger charge is -2.33. The molecule has 4 nitrogen and oxygen atoms in total. The van der Waals surface area contributed by atoms with E-state index in [0.717, 1.165) is 30.8 Å². The maximum atomic E-state index is 13.9. The molecule has 1 aliphatic heterocycles. The van der Waals surface area contributed by atoms with Gasteiger partial charge in [-0.25, -0.2) is 8.78 Å². The molecule has 1 aromatic heterocycles. The van der Waals surface area contributed by atoms with Crippen molar-refractivity contribution in [3.8, 4) is 0 Å². The van der Waals surface area contributed by atoms with Crippen LogP contribution in [0, 0.1) is 18.6 Å². The first-order chi connectivity index (χ1) is 9.56. The molecule has 1 aliphatic rings. The van der Waals surface area contributed by atoms with Crippen LogP contribution in [0.2, 0.25) is 0 Å². The van der Waals surface area contributed by atoms with Crippen molar-refractivity contribution in [3.63, 3.8) is 0 Å². The molecular weight excluding hydrogens is 262 g/mol. The number of rotatable bonds is 2. The molecule has 6 heteroatoms. The van der Waals surface area contributed by atoms with Crippen molar-refractivity contribution >= 4 is 0 Å². The summed E-state index contributed by atoms with van der Waals surface area (Å²) in [6, 6.07) is 3.62. The molecule has 3 rings (SSSR count). The lowest BCUT2D eigenvalue weighted by molar-refractivity contribution is 0.159. The molecule has 20 heavy (non-hydrogen) atoms. The first-order valence-corrected chi connectivity index (χ1v) is 6.64. The minimum Gasteiger partial charge on any atom is -0.313 e. The van der Waals surface area contributed by atoms with Crippen LogP contribution in [0.3, 0.4) is 0 Å². The Morgan fingerprint density at radius 3 is 2.75 bits per heavy atom. The minimum atomic E-state index is -0.549. The van der Waals surface area contributed by atoms with Crippen molar-refractivity contribution in [2.24, 2.45) is 0 Å². The van der Waals surface area contributed by atoms with Crippen molar-refractivity contribution in [1.29, 1.82) is 0 Å². The Morgan fingerprint density at radius 2 is 2.00 bits per heavy atom. The van der Waals surface area contributed by atoms with Crippen molar-refractivity contribution in [2.45, 2.75) is 33.0 Å². The molecule has 0 saturated heterocycles. The van der Waals surface area contributed by atoms with Crippen LogP contribution in [0.1, 0.15) is 30.2 Å². The Balaban J connectivity index is 1.83. The number of nitrogens with zero attached hydrogens (tertiary/aromatic N) is 4. The fourth-order valence-electron chi connectivity index (χ4n) is 2.69. The van der Waals surface area contributed by atoms with E-state index >= 15 is 0 Å². The SMILES string of the molecule is Cc1nnc2n1CCN(C(C)c1ccc(F)cc1F)C2. The van der Waals surface area contributed by atoms with Gasteiger partial charge in [0.25, 0.3) is 0 Å². The average Bonchev–Trinajstić information content (AvgIpc) is 2.79. The fraction of sp³-hybridized carbons (Fsp3) is 0.429. The second-order valence-corrected chi connectivity index (χ2v) is 5.13. The second-order valence-electron chi connectivity index (χ2n) is 5.13. The predicted octanol–water partition coefficient (Wildman–Crippen LogP) is 2.44. The molecule has 0 radical (unpaired) electrons. The van der Waals surface area contributed by atoms with Gasteiger partial charge < -0.3 is 4.57 Å². The van der Waals surface area contributed by atoms with Crippen LogP contribution < -0.4 is 0 Å². The first-order valence-electron chi connectivity index (χ1n) is 6.64. The Bertz CT molecular complexity index is 638. The second kappa shape index (κ2) is 4.94. The molecule has 2 heterocycles. The van der Waals surface area contributed by atoms with Gasteiger partial charge >= 0.3 is 0 Å². The number of halogens is 2. The summed E-state index contributed by atoms with van der Waals surface area (Å²) in [4.78, 5) is 2.12. The molecule has 2 aromatic rings. The molecule has 0 spiro atoms. The maximum Gasteiger partial charge on any atom is 0.147 e. The van der Waals surface area contributed by atoms with Gasteiger partial charge in [-0.2, -0.15) is 0 Å². The summed E-state index contributed by atoms with van der Waals surface area (Å²) >= 11 is 0. The molecule has 0 saturated carbocycles. The van der Waals surface area contributed by atoms with Crippen LogP contribution in [-0.4, -0.2) is 26.2 Å². The highest BCUT2D eigenvalue weighted by Crippen LogP contribution is 2.26. The van der Waals surface area contributed by atoms with E-state index in [4.69, 9.17) is 0 Å². The van der Waals surface area contributed by atoms with Gasteiger partial charge in [-0.05, 0) is 19.9 Å². The minimum absolute atomic E-state index is 0.124. The Kier molecular flexibility index (Phi) is 3.25. The third-order valence-electron chi connectivity index (χ3n) is 3.93. The summed E-state index contributed by atoms with van der Waals surface area (Å²) in [5.41, 5.74) is 0.510. The van der Waals surface area contributed by atoms with Crippen LogP contribution in [0.15, 0.2) is 18.2 Å². The van der Waals surface area contributed by atoms with Crippen LogP contribution in [0.4, 0.5) is 8.78 Å². The van der Waals surface area contributed by atoms with Crippen molar-refractivity contribution < 1.29 is 8.78 Å².